The smallest absolute Gasteiger partial charge is 0.338 e. The highest BCUT2D eigenvalue weighted by Gasteiger charge is 2.33. The van der Waals surface area contributed by atoms with Crippen LogP contribution >= 0.6 is 12.4 Å². The first-order valence-electron chi connectivity index (χ1n) is 9.77. The number of aryl methyl sites for hydroxylation is 1. The molecule has 0 bridgehead atoms. The minimum absolute atomic E-state index is 0. The molecule has 1 heterocycles. The van der Waals surface area contributed by atoms with Gasteiger partial charge in [0.25, 0.3) is 0 Å². The summed E-state index contributed by atoms with van der Waals surface area (Å²) >= 11 is 0. The molecule has 2 nitrogen and oxygen atoms in total. The van der Waals surface area contributed by atoms with Gasteiger partial charge in [-0.2, -0.15) is 13.2 Å². The van der Waals surface area contributed by atoms with Gasteiger partial charge in [0.2, 0.25) is 0 Å². The number of fused-ring (bicyclic) bond motifs is 1. The molecule has 1 aliphatic carbocycles. The van der Waals surface area contributed by atoms with E-state index in [1.54, 1.807) is 18.2 Å². The van der Waals surface area contributed by atoms with Crippen molar-refractivity contribution in [2.45, 2.75) is 45.2 Å². The standard InChI is InChI=1S/C23H23F3N2.ClH/c1-15-13-17(18-9-5-6-10-19(18)23(24,25)26)14-20-22(15)28-21(27-20)12-11-16-7-3-2-4-8-16;/h5-6,9-14,16H,2-4,7-8H2,1H3,(H,27,28);1H. The molecule has 1 aromatic heterocycles. The molecule has 29 heavy (non-hydrogen) atoms. The molecule has 2 aromatic carbocycles. The van der Waals surface area contributed by atoms with Crippen LogP contribution in [0.15, 0.2) is 42.5 Å². The number of aromatic amines is 1. The van der Waals surface area contributed by atoms with Crippen LogP contribution < -0.4 is 0 Å². The second kappa shape index (κ2) is 8.62. The van der Waals surface area contributed by atoms with Crippen LogP contribution in [0.5, 0.6) is 0 Å². The van der Waals surface area contributed by atoms with E-state index in [1.807, 2.05) is 13.0 Å². The molecule has 0 unspecified atom stereocenters. The Labute approximate surface area is 174 Å². The zero-order valence-electron chi connectivity index (χ0n) is 16.2. The lowest BCUT2D eigenvalue weighted by Crippen LogP contribution is -2.06. The highest BCUT2D eigenvalue weighted by Crippen LogP contribution is 2.38. The predicted octanol–water partition coefficient (Wildman–Crippen LogP) is 7.57. The molecule has 1 saturated carbocycles. The molecule has 0 amide bonds. The van der Waals surface area contributed by atoms with Crippen molar-refractivity contribution >= 4 is 29.5 Å². The maximum absolute atomic E-state index is 13.4. The van der Waals surface area contributed by atoms with Gasteiger partial charge in [0.1, 0.15) is 5.82 Å². The van der Waals surface area contributed by atoms with Crippen LogP contribution in [-0.4, -0.2) is 9.97 Å². The Kier molecular flexibility index (Phi) is 6.37. The van der Waals surface area contributed by atoms with E-state index in [2.05, 4.69) is 16.0 Å². The fourth-order valence-corrected chi connectivity index (χ4v) is 4.08. The molecule has 0 atom stereocenters. The van der Waals surface area contributed by atoms with Gasteiger partial charge in [-0.05, 0) is 66.6 Å². The summed E-state index contributed by atoms with van der Waals surface area (Å²) in [5.74, 6) is 1.35. The Morgan fingerprint density at radius 1 is 1.07 bits per heavy atom. The van der Waals surface area contributed by atoms with Crippen LogP contribution in [-0.2, 0) is 6.18 Å². The van der Waals surface area contributed by atoms with Gasteiger partial charge in [0, 0.05) is 0 Å². The Morgan fingerprint density at radius 3 is 2.52 bits per heavy atom. The van der Waals surface area contributed by atoms with Gasteiger partial charge >= 0.3 is 6.18 Å². The highest BCUT2D eigenvalue weighted by atomic mass is 35.5. The first kappa shape index (κ1) is 21.4. The van der Waals surface area contributed by atoms with Gasteiger partial charge in [-0.15, -0.1) is 12.4 Å². The average molecular weight is 421 g/mol. The number of nitrogens with one attached hydrogen (secondary N) is 1. The molecule has 6 heteroatoms. The summed E-state index contributed by atoms with van der Waals surface area (Å²) in [6, 6.07) is 9.24. The minimum Gasteiger partial charge on any atom is -0.338 e. The molecule has 1 N–H and O–H groups in total. The van der Waals surface area contributed by atoms with E-state index in [-0.39, 0.29) is 18.0 Å². The molecular formula is C23H24ClF3N2. The number of hydrogen-bond donors (Lipinski definition) is 1. The summed E-state index contributed by atoms with van der Waals surface area (Å²) in [5.41, 5.74) is 2.54. The molecule has 0 spiro atoms. The fourth-order valence-electron chi connectivity index (χ4n) is 4.08. The summed E-state index contributed by atoms with van der Waals surface area (Å²) < 4.78 is 40.2. The molecule has 4 rings (SSSR count). The number of benzene rings is 2. The lowest BCUT2D eigenvalue weighted by molar-refractivity contribution is -0.137. The Bertz CT molecular complexity index is 1010. The zero-order valence-corrected chi connectivity index (χ0v) is 17.0. The lowest BCUT2D eigenvalue weighted by atomic mass is 9.89. The van der Waals surface area contributed by atoms with Crippen molar-refractivity contribution in [2.24, 2.45) is 5.92 Å². The van der Waals surface area contributed by atoms with Crippen LogP contribution in [0.1, 0.15) is 49.1 Å². The Hall–Kier alpha value is -2.27. The molecule has 154 valence electrons. The number of aromatic nitrogens is 2. The maximum Gasteiger partial charge on any atom is 0.417 e. The van der Waals surface area contributed by atoms with Crippen molar-refractivity contribution in [3.8, 4) is 11.1 Å². The van der Waals surface area contributed by atoms with E-state index in [4.69, 9.17) is 0 Å². The van der Waals surface area contributed by atoms with Crippen molar-refractivity contribution in [2.75, 3.05) is 0 Å². The van der Waals surface area contributed by atoms with E-state index < -0.39 is 11.7 Å². The lowest BCUT2D eigenvalue weighted by Gasteiger charge is -2.17. The molecular weight excluding hydrogens is 397 g/mol. The number of H-pyrrole nitrogens is 1. The van der Waals surface area contributed by atoms with Crippen LogP contribution in [0.3, 0.4) is 0 Å². The number of alkyl halides is 3. The number of imidazole rings is 1. The summed E-state index contributed by atoms with van der Waals surface area (Å²) in [4.78, 5) is 7.90. The van der Waals surface area contributed by atoms with E-state index in [1.165, 1.54) is 44.2 Å². The quantitative estimate of drug-likeness (QED) is 0.465. The van der Waals surface area contributed by atoms with E-state index in [0.717, 1.165) is 28.5 Å². The first-order chi connectivity index (χ1) is 13.4. The van der Waals surface area contributed by atoms with Crippen molar-refractivity contribution in [3.63, 3.8) is 0 Å². The first-order valence-corrected chi connectivity index (χ1v) is 9.77. The third kappa shape index (κ3) is 4.67. The van der Waals surface area contributed by atoms with Gasteiger partial charge < -0.3 is 4.98 Å². The summed E-state index contributed by atoms with van der Waals surface area (Å²) in [5, 5.41) is 0. The van der Waals surface area contributed by atoms with E-state index >= 15 is 0 Å². The van der Waals surface area contributed by atoms with Crippen LogP contribution in [0.2, 0.25) is 0 Å². The molecule has 3 aromatic rings. The zero-order chi connectivity index (χ0) is 19.7. The van der Waals surface area contributed by atoms with Crippen molar-refractivity contribution < 1.29 is 13.2 Å². The summed E-state index contributed by atoms with van der Waals surface area (Å²) in [6.45, 7) is 1.89. The number of allylic oxidation sites excluding steroid dienone is 1. The maximum atomic E-state index is 13.4. The number of nitrogens with zero attached hydrogens (tertiary/aromatic N) is 1. The predicted molar refractivity (Wildman–Crippen MR) is 114 cm³/mol. The molecule has 0 aliphatic heterocycles. The highest BCUT2D eigenvalue weighted by molar-refractivity contribution is 5.86. The third-order valence-corrected chi connectivity index (χ3v) is 5.52. The fraction of sp³-hybridized carbons (Fsp3) is 0.348. The monoisotopic (exact) mass is 420 g/mol. The second-order valence-electron chi connectivity index (χ2n) is 7.61. The van der Waals surface area contributed by atoms with Crippen molar-refractivity contribution in [1.29, 1.82) is 0 Å². The average Bonchev–Trinajstić information content (AvgIpc) is 3.10. The van der Waals surface area contributed by atoms with Gasteiger partial charge in [-0.1, -0.05) is 43.5 Å². The largest absolute Gasteiger partial charge is 0.417 e. The van der Waals surface area contributed by atoms with E-state index in [9.17, 15) is 13.2 Å². The molecule has 0 saturated heterocycles. The summed E-state index contributed by atoms with van der Waals surface area (Å²) in [7, 11) is 0. The molecule has 1 fully saturated rings. The topological polar surface area (TPSA) is 28.7 Å². The normalized spacial score (nSPS) is 15.7. The van der Waals surface area contributed by atoms with Crippen LogP contribution in [0.25, 0.3) is 28.2 Å². The summed E-state index contributed by atoms with van der Waals surface area (Å²) in [6.07, 6.45) is 6.14. The Morgan fingerprint density at radius 2 is 1.79 bits per heavy atom. The van der Waals surface area contributed by atoms with E-state index in [0.29, 0.717) is 11.5 Å². The number of halogens is 4. The van der Waals surface area contributed by atoms with Gasteiger partial charge in [-0.25, -0.2) is 4.98 Å². The van der Waals surface area contributed by atoms with Crippen LogP contribution in [0.4, 0.5) is 13.2 Å². The SMILES string of the molecule is Cc1cc(-c2ccccc2C(F)(F)F)cc2[nH]c(C=CC3CCCCC3)nc12.Cl. The van der Waals surface area contributed by atoms with Gasteiger partial charge in [0.05, 0.1) is 16.6 Å². The van der Waals surface area contributed by atoms with Gasteiger partial charge in [0.15, 0.2) is 0 Å². The third-order valence-electron chi connectivity index (χ3n) is 5.52. The number of hydrogen-bond acceptors (Lipinski definition) is 1. The minimum atomic E-state index is -4.39. The van der Waals surface area contributed by atoms with Gasteiger partial charge in [-0.3, -0.25) is 0 Å². The second-order valence-corrected chi connectivity index (χ2v) is 7.61. The Balaban J connectivity index is 0.00000240. The van der Waals surface area contributed by atoms with Crippen LogP contribution in [0, 0.1) is 12.8 Å². The number of rotatable bonds is 3. The molecule has 0 radical (unpaired) electrons. The van der Waals surface area contributed by atoms with Crippen molar-refractivity contribution in [3.05, 3.63) is 59.4 Å². The molecule has 1 aliphatic rings. The van der Waals surface area contributed by atoms with Crippen molar-refractivity contribution in [1.82, 2.24) is 9.97 Å².